The highest BCUT2D eigenvalue weighted by Crippen LogP contribution is 2.19. The maximum Gasteiger partial charge on any atom is 0.230 e. The molecule has 9 heteroatoms. The van der Waals surface area contributed by atoms with Gasteiger partial charge in [0.15, 0.2) is 5.82 Å². The van der Waals surface area contributed by atoms with E-state index in [1.807, 2.05) is 38.1 Å². The number of carbonyl (C=O) groups excluding carboxylic acids is 1. The van der Waals surface area contributed by atoms with Crippen molar-refractivity contribution in [3.8, 4) is 5.75 Å². The van der Waals surface area contributed by atoms with Crippen LogP contribution in [0.5, 0.6) is 5.75 Å². The van der Waals surface area contributed by atoms with Gasteiger partial charge in [0.05, 0.1) is 5.75 Å². The van der Waals surface area contributed by atoms with Crippen LogP contribution in [0.1, 0.15) is 22.5 Å². The maximum absolute atomic E-state index is 12.1. The zero-order chi connectivity index (χ0) is 20.8. The van der Waals surface area contributed by atoms with Crippen LogP contribution in [-0.4, -0.2) is 26.5 Å². The van der Waals surface area contributed by atoms with Gasteiger partial charge in [-0.2, -0.15) is 0 Å². The van der Waals surface area contributed by atoms with Gasteiger partial charge in [-0.1, -0.05) is 41.6 Å². The average molecular weight is 432 g/mol. The molecule has 1 aromatic heterocycles. The smallest absolute Gasteiger partial charge is 0.230 e. The van der Waals surface area contributed by atoms with E-state index >= 15 is 0 Å². The summed E-state index contributed by atoms with van der Waals surface area (Å²) in [5.74, 6) is 7.33. The van der Waals surface area contributed by atoms with Crippen LogP contribution in [0, 0.1) is 13.8 Å². The Morgan fingerprint density at radius 2 is 1.86 bits per heavy atom. The van der Waals surface area contributed by atoms with E-state index in [0.29, 0.717) is 22.5 Å². The molecule has 0 bridgehead atoms. The van der Waals surface area contributed by atoms with Gasteiger partial charge in [0.2, 0.25) is 11.1 Å². The number of nitrogens with two attached hydrogens (primary N) is 1. The number of aryl methyl sites for hydroxylation is 2. The monoisotopic (exact) mass is 431 g/mol. The van der Waals surface area contributed by atoms with Crippen molar-refractivity contribution in [2.75, 3.05) is 11.6 Å². The fraction of sp³-hybridized carbons (Fsp3) is 0.250. The minimum atomic E-state index is -0.124. The molecule has 2 aromatic carbocycles. The highest BCUT2D eigenvalue weighted by atomic mass is 35.5. The van der Waals surface area contributed by atoms with Gasteiger partial charge in [0, 0.05) is 11.6 Å². The Kier molecular flexibility index (Phi) is 7.00. The van der Waals surface area contributed by atoms with Crippen LogP contribution in [0.15, 0.2) is 47.6 Å². The molecule has 0 aliphatic heterocycles. The van der Waals surface area contributed by atoms with Crippen molar-refractivity contribution in [1.29, 1.82) is 0 Å². The molecular weight excluding hydrogens is 410 g/mol. The van der Waals surface area contributed by atoms with Gasteiger partial charge in [-0.05, 0) is 54.8 Å². The summed E-state index contributed by atoms with van der Waals surface area (Å²) in [4.78, 5) is 12.1. The zero-order valence-electron chi connectivity index (χ0n) is 16.2. The molecule has 29 heavy (non-hydrogen) atoms. The Labute approximate surface area is 178 Å². The lowest BCUT2D eigenvalue weighted by atomic mass is 10.1. The molecule has 3 rings (SSSR count). The van der Waals surface area contributed by atoms with Crippen molar-refractivity contribution in [2.45, 2.75) is 32.2 Å². The standard InChI is InChI=1S/C20H22ClN5O2S/c1-13-7-14(2)9-17(8-13)28-11-18-24-25-20(26(18)22)29-12-19(27)23-10-15-3-5-16(21)6-4-15/h3-9H,10-12,22H2,1-2H3,(H,23,27). The van der Waals surface area contributed by atoms with Crippen LogP contribution in [0.3, 0.4) is 0 Å². The molecule has 0 fully saturated rings. The minimum absolute atomic E-state index is 0.124. The summed E-state index contributed by atoms with van der Waals surface area (Å²) in [6.07, 6.45) is 0. The molecule has 3 aromatic rings. The van der Waals surface area contributed by atoms with Gasteiger partial charge in [0.1, 0.15) is 12.4 Å². The van der Waals surface area contributed by atoms with E-state index in [1.165, 1.54) is 16.4 Å². The number of nitrogens with one attached hydrogen (secondary N) is 1. The fourth-order valence-electron chi connectivity index (χ4n) is 2.65. The number of carbonyl (C=O) groups is 1. The number of thioether (sulfide) groups is 1. The maximum atomic E-state index is 12.1. The van der Waals surface area contributed by atoms with Gasteiger partial charge in [-0.25, -0.2) is 4.68 Å². The van der Waals surface area contributed by atoms with E-state index in [2.05, 4.69) is 21.6 Å². The first-order chi connectivity index (χ1) is 13.9. The lowest BCUT2D eigenvalue weighted by molar-refractivity contribution is -0.118. The number of ether oxygens (including phenoxy) is 1. The molecule has 1 heterocycles. The van der Waals surface area contributed by atoms with Crippen LogP contribution in [0.25, 0.3) is 0 Å². The first-order valence-electron chi connectivity index (χ1n) is 8.95. The number of aromatic nitrogens is 3. The quantitative estimate of drug-likeness (QED) is 0.420. The topological polar surface area (TPSA) is 95.1 Å². The molecule has 0 unspecified atom stereocenters. The highest BCUT2D eigenvalue weighted by Gasteiger charge is 2.13. The Morgan fingerprint density at radius 3 is 2.55 bits per heavy atom. The van der Waals surface area contributed by atoms with Gasteiger partial charge < -0.3 is 15.9 Å². The third kappa shape index (κ3) is 6.13. The van der Waals surface area contributed by atoms with E-state index in [4.69, 9.17) is 22.2 Å². The van der Waals surface area contributed by atoms with E-state index in [-0.39, 0.29) is 18.3 Å². The van der Waals surface area contributed by atoms with Crippen molar-refractivity contribution in [1.82, 2.24) is 20.2 Å². The molecule has 0 saturated heterocycles. The molecule has 0 saturated carbocycles. The number of nitrogens with zero attached hydrogens (tertiary/aromatic N) is 3. The SMILES string of the molecule is Cc1cc(C)cc(OCc2nnc(SCC(=O)NCc3ccc(Cl)cc3)n2N)c1. The number of benzene rings is 2. The van der Waals surface area contributed by atoms with Gasteiger partial charge in [-0.15, -0.1) is 10.2 Å². The average Bonchev–Trinajstić information content (AvgIpc) is 3.03. The number of hydrogen-bond acceptors (Lipinski definition) is 6. The number of amides is 1. The summed E-state index contributed by atoms with van der Waals surface area (Å²) >= 11 is 7.07. The minimum Gasteiger partial charge on any atom is -0.486 e. The summed E-state index contributed by atoms with van der Waals surface area (Å²) < 4.78 is 7.12. The number of halogens is 1. The second-order valence-corrected chi connectivity index (χ2v) is 7.95. The zero-order valence-corrected chi connectivity index (χ0v) is 17.8. The molecule has 0 radical (unpaired) electrons. The van der Waals surface area contributed by atoms with Crippen LogP contribution in [-0.2, 0) is 17.9 Å². The van der Waals surface area contributed by atoms with Crippen LogP contribution in [0.2, 0.25) is 5.02 Å². The summed E-state index contributed by atoms with van der Waals surface area (Å²) in [5, 5.41) is 12.1. The normalized spacial score (nSPS) is 10.7. The Hall–Kier alpha value is -2.71. The van der Waals surface area contributed by atoms with Gasteiger partial charge in [-0.3, -0.25) is 4.79 Å². The van der Waals surface area contributed by atoms with Crippen LogP contribution >= 0.6 is 23.4 Å². The van der Waals surface area contributed by atoms with Crippen LogP contribution < -0.4 is 15.9 Å². The van der Waals surface area contributed by atoms with Gasteiger partial charge >= 0.3 is 0 Å². The largest absolute Gasteiger partial charge is 0.486 e. The molecular formula is C20H22ClN5O2S. The van der Waals surface area contributed by atoms with Crippen molar-refractivity contribution in [3.63, 3.8) is 0 Å². The lowest BCUT2D eigenvalue weighted by Crippen LogP contribution is -2.25. The molecule has 0 atom stereocenters. The molecule has 152 valence electrons. The second-order valence-electron chi connectivity index (χ2n) is 6.57. The van der Waals surface area contributed by atoms with E-state index in [0.717, 1.165) is 22.4 Å². The lowest BCUT2D eigenvalue weighted by Gasteiger charge is -2.08. The summed E-state index contributed by atoms with van der Waals surface area (Å²) in [6.45, 7) is 4.65. The number of rotatable bonds is 8. The van der Waals surface area contributed by atoms with E-state index < -0.39 is 0 Å². The van der Waals surface area contributed by atoms with Gasteiger partial charge in [0.25, 0.3) is 0 Å². The fourth-order valence-corrected chi connectivity index (χ4v) is 3.48. The molecule has 0 aliphatic rings. The van der Waals surface area contributed by atoms with Crippen LogP contribution in [0.4, 0.5) is 0 Å². The van der Waals surface area contributed by atoms with Crippen molar-refractivity contribution < 1.29 is 9.53 Å². The third-order valence-corrected chi connectivity index (χ3v) is 5.23. The first kappa shape index (κ1) is 21.0. The van der Waals surface area contributed by atoms with E-state index in [1.54, 1.807) is 12.1 Å². The van der Waals surface area contributed by atoms with Crippen molar-refractivity contribution in [3.05, 3.63) is 70.0 Å². The Morgan fingerprint density at radius 1 is 1.17 bits per heavy atom. The summed E-state index contributed by atoms with van der Waals surface area (Å²) in [6, 6.07) is 13.3. The predicted octanol–water partition coefficient (Wildman–Crippen LogP) is 3.25. The third-order valence-electron chi connectivity index (χ3n) is 4.03. The highest BCUT2D eigenvalue weighted by molar-refractivity contribution is 7.99. The Bertz CT molecular complexity index is 971. The van der Waals surface area contributed by atoms with Crippen molar-refractivity contribution >= 4 is 29.3 Å². The molecule has 1 amide bonds. The predicted molar refractivity (Wildman–Crippen MR) is 114 cm³/mol. The summed E-state index contributed by atoms with van der Waals surface area (Å²) in [5.41, 5.74) is 3.21. The number of nitrogen functional groups attached to an aromatic ring is 1. The number of hydrogen-bond donors (Lipinski definition) is 2. The van der Waals surface area contributed by atoms with E-state index in [9.17, 15) is 4.79 Å². The first-order valence-corrected chi connectivity index (χ1v) is 10.3. The van der Waals surface area contributed by atoms with Crippen molar-refractivity contribution in [2.24, 2.45) is 0 Å². The molecule has 3 N–H and O–H groups in total. The molecule has 0 aliphatic carbocycles. The molecule has 0 spiro atoms. The molecule has 7 nitrogen and oxygen atoms in total. The second kappa shape index (κ2) is 9.67. The Balaban J connectivity index is 1.48. The summed E-state index contributed by atoms with van der Waals surface area (Å²) in [7, 11) is 0.